The predicted octanol–water partition coefficient (Wildman–Crippen LogP) is 3.97. The highest BCUT2D eigenvalue weighted by Gasteiger charge is 2.21. The van der Waals surface area contributed by atoms with Crippen molar-refractivity contribution in [2.24, 2.45) is 0 Å². The van der Waals surface area contributed by atoms with Gasteiger partial charge in [0.05, 0.1) is 5.69 Å². The third-order valence-electron chi connectivity index (χ3n) is 4.06. The van der Waals surface area contributed by atoms with Crippen molar-refractivity contribution in [3.8, 4) is 5.75 Å². The van der Waals surface area contributed by atoms with E-state index in [9.17, 15) is 9.59 Å². The van der Waals surface area contributed by atoms with Crippen molar-refractivity contribution in [3.63, 3.8) is 0 Å². The number of hydrogen-bond donors (Lipinski definition) is 2. The van der Waals surface area contributed by atoms with E-state index < -0.39 is 11.9 Å². The third kappa shape index (κ3) is 5.23. The smallest absolute Gasteiger partial charge is 0.331 e. The lowest BCUT2D eigenvalue weighted by Gasteiger charge is -2.24. The van der Waals surface area contributed by atoms with Gasteiger partial charge in [0, 0.05) is 12.6 Å². The molecule has 2 aromatic rings. The number of nitrogens with one attached hydrogen (secondary N) is 1. The summed E-state index contributed by atoms with van der Waals surface area (Å²) in [6, 6.07) is 11.9. The molecule has 0 aliphatic carbocycles. The monoisotopic (exact) mass is 369 g/mol. The van der Waals surface area contributed by atoms with Gasteiger partial charge in [0.1, 0.15) is 5.75 Å². The van der Waals surface area contributed by atoms with Gasteiger partial charge in [-0.1, -0.05) is 38.5 Å². The second-order valence-corrected chi connectivity index (χ2v) is 7.47. The molecule has 0 fully saturated rings. The minimum atomic E-state index is -0.559. The number of hydrogen-bond acceptors (Lipinski definition) is 4. The number of rotatable bonds is 4. The van der Waals surface area contributed by atoms with Crippen LogP contribution in [0.5, 0.6) is 5.75 Å². The lowest BCUT2D eigenvalue weighted by atomic mass is 9.85. The Hall–Kier alpha value is -3.02. The fourth-order valence-corrected chi connectivity index (χ4v) is 2.68. The van der Waals surface area contributed by atoms with Gasteiger partial charge in [0.15, 0.2) is 6.73 Å². The number of aryl methyl sites for hydroxylation is 1. The third-order valence-corrected chi connectivity index (χ3v) is 4.06. The quantitative estimate of drug-likeness (QED) is 0.631. The van der Waals surface area contributed by atoms with Crippen LogP contribution >= 0.6 is 0 Å². The first kappa shape index (κ1) is 20.3. The Labute approximate surface area is 160 Å². The molecule has 0 aliphatic rings. The first-order chi connectivity index (χ1) is 12.6. The molecule has 3 amide bonds. The van der Waals surface area contributed by atoms with Crippen LogP contribution < -0.4 is 20.7 Å². The molecular weight excluding hydrogens is 342 g/mol. The first-order valence-corrected chi connectivity index (χ1v) is 8.77. The van der Waals surface area contributed by atoms with Gasteiger partial charge in [-0.3, -0.25) is 4.79 Å². The molecule has 0 bridgehead atoms. The highest BCUT2D eigenvalue weighted by atomic mass is 16.5. The van der Waals surface area contributed by atoms with E-state index in [1.54, 1.807) is 24.3 Å². The van der Waals surface area contributed by atoms with Crippen molar-refractivity contribution < 1.29 is 14.3 Å². The van der Waals surface area contributed by atoms with E-state index in [4.69, 9.17) is 10.5 Å². The number of anilines is 2. The summed E-state index contributed by atoms with van der Waals surface area (Å²) in [7, 11) is 0. The minimum absolute atomic E-state index is 0.0519. The van der Waals surface area contributed by atoms with Gasteiger partial charge in [0.25, 0.3) is 0 Å². The number of urea groups is 1. The Morgan fingerprint density at radius 1 is 1.11 bits per heavy atom. The van der Waals surface area contributed by atoms with Gasteiger partial charge < -0.3 is 15.8 Å². The van der Waals surface area contributed by atoms with Gasteiger partial charge in [-0.05, 0) is 48.2 Å². The minimum Gasteiger partial charge on any atom is -0.473 e. The molecular formula is C21H27N3O3. The number of nitrogens with zero attached hydrogens (tertiary/aromatic N) is 1. The first-order valence-electron chi connectivity index (χ1n) is 8.77. The van der Waals surface area contributed by atoms with Crippen molar-refractivity contribution in [1.29, 1.82) is 0 Å². The average Bonchev–Trinajstić information content (AvgIpc) is 2.57. The Kier molecular flexibility index (Phi) is 6.10. The van der Waals surface area contributed by atoms with Gasteiger partial charge >= 0.3 is 6.03 Å². The molecule has 27 heavy (non-hydrogen) atoms. The molecule has 0 heterocycles. The van der Waals surface area contributed by atoms with E-state index in [1.165, 1.54) is 6.92 Å². The standard InChI is InChI=1S/C21H27N3O3/c1-14-6-11-19(18(12-14)21(3,4)5)27-13-23-20(26)24(15(2)25)17-9-7-16(22)8-10-17/h6-12H,13,22H2,1-5H3,(H,23,26). The van der Waals surface area contributed by atoms with Crippen LogP contribution in [0.1, 0.15) is 38.8 Å². The Morgan fingerprint density at radius 2 is 1.74 bits per heavy atom. The highest BCUT2D eigenvalue weighted by Crippen LogP contribution is 2.32. The number of imide groups is 1. The van der Waals surface area contributed by atoms with Crippen molar-refractivity contribution >= 4 is 23.3 Å². The molecule has 3 N–H and O–H groups in total. The maximum atomic E-state index is 12.5. The van der Waals surface area contributed by atoms with Crippen LogP contribution in [0, 0.1) is 6.92 Å². The second-order valence-electron chi connectivity index (χ2n) is 7.47. The second kappa shape index (κ2) is 8.12. The lowest BCUT2D eigenvalue weighted by Crippen LogP contribution is -2.44. The van der Waals surface area contributed by atoms with Crippen LogP contribution in [0.3, 0.4) is 0 Å². The van der Waals surface area contributed by atoms with Crippen LogP contribution in [0.2, 0.25) is 0 Å². The topological polar surface area (TPSA) is 84.7 Å². The number of carbonyl (C=O) groups is 2. The maximum Gasteiger partial charge on any atom is 0.331 e. The van der Waals surface area contributed by atoms with E-state index in [2.05, 4.69) is 32.2 Å². The number of amides is 3. The molecule has 6 nitrogen and oxygen atoms in total. The summed E-state index contributed by atoms with van der Waals surface area (Å²) in [4.78, 5) is 25.4. The molecule has 0 atom stereocenters. The molecule has 0 saturated carbocycles. The number of carbonyl (C=O) groups excluding carboxylic acids is 2. The molecule has 0 saturated heterocycles. The summed E-state index contributed by atoms with van der Waals surface area (Å²) in [5, 5.41) is 2.63. The Balaban J connectivity index is 2.09. The number of nitrogen functional groups attached to an aromatic ring is 1. The van der Waals surface area contributed by atoms with Crippen molar-refractivity contribution in [3.05, 3.63) is 53.6 Å². The lowest BCUT2D eigenvalue weighted by molar-refractivity contribution is -0.115. The summed E-state index contributed by atoms with van der Waals surface area (Å²) in [6.45, 7) is 9.61. The zero-order valence-electron chi connectivity index (χ0n) is 16.5. The Bertz CT molecular complexity index is 824. The molecule has 0 aromatic heterocycles. The van der Waals surface area contributed by atoms with E-state index in [-0.39, 0.29) is 12.1 Å². The van der Waals surface area contributed by atoms with Crippen molar-refractivity contribution in [2.75, 3.05) is 17.4 Å². The molecule has 2 aromatic carbocycles. The van der Waals surface area contributed by atoms with Gasteiger partial charge in [0.2, 0.25) is 5.91 Å². The maximum absolute atomic E-state index is 12.5. The fraction of sp³-hybridized carbons (Fsp3) is 0.333. The van der Waals surface area contributed by atoms with Crippen LogP contribution in [0.4, 0.5) is 16.2 Å². The number of nitrogens with two attached hydrogens (primary N) is 1. The largest absolute Gasteiger partial charge is 0.473 e. The van der Waals surface area contributed by atoms with Gasteiger partial charge in [-0.15, -0.1) is 0 Å². The molecule has 144 valence electrons. The van der Waals surface area contributed by atoms with E-state index >= 15 is 0 Å². The van der Waals surface area contributed by atoms with Gasteiger partial charge in [-0.2, -0.15) is 0 Å². The number of ether oxygens (including phenoxy) is 1. The van der Waals surface area contributed by atoms with E-state index in [0.717, 1.165) is 16.0 Å². The van der Waals surface area contributed by atoms with E-state index in [0.29, 0.717) is 17.1 Å². The number of benzene rings is 2. The molecule has 0 radical (unpaired) electrons. The molecule has 0 unspecified atom stereocenters. The molecule has 0 aliphatic heterocycles. The predicted molar refractivity (Wildman–Crippen MR) is 108 cm³/mol. The summed E-state index contributed by atoms with van der Waals surface area (Å²) >= 11 is 0. The summed E-state index contributed by atoms with van der Waals surface area (Å²) in [6.07, 6.45) is 0. The molecule has 6 heteroatoms. The Morgan fingerprint density at radius 3 is 2.30 bits per heavy atom. The van der Waals surface area contributed by atoms with E-state index in [1.807, 2.05) is 19.1 Å². The zero-order chi connectivity index (χ0) is 20.2. The van der Waals surface area contributed by atoms with Crippen molar-refractivity contribution in [2.45, 2.75) is 40.0 Å². The summed E-state index contributed by atoms with van der Waals surface area (Å²) in [5.41, 5.74) is 8.76. The van der Waals surface area contributed by atoms with Crippen LogP contribution in [0.15, 0.2) is 42.5 Å². The van der Waals surface area contributed by atoms with Gasteiger partial charge in [-0.25, -0.2) is 9.69 Å². The molecule has 0 spiro atoms. The summed E-state index contributed by atoms with van der Waals surface area (Å²) in [5.74, 6) is 0.304. The summed E-state index contributed by atoms with van der Waals surface area (Å²) < 4.78 is 5.78. The van der Waals surface area contributed by atoms with Crippen LogP contribution in [-0.4, -0.2) is 18.7 Å². The zero-order valence-corrected chi connectivity index (χ0v) is 16.5. The normalized spacial score (nSPS) is 11.0. The highest BCUT2D eigenvalue weighted by molar-refractivity contribution is 6.13. The average molecular weight is 369 g/mol. The fourth-order valence-electron chi connectivity index (χ4n) is 2.68. The van der Waals surface area contributed by atoms with Crippen LogP contribution in [-0.2, 0) is 10.2 Å². The van der Waals surface area contributed by atoms with Crippen LogP contribution in [0.25, 0.3) is 0 Å². The van der Waals surface area contributed by atoms with Crippen molar-refractivity contribution in [1.82, 2.24) is 5.32 Å². The molecule has 2 rings (SSSR count). The SMILES string of the molecule is CC(=O)N(C(=O)NCOc1ccc(C)cc1C(C)(C)C)c1ccc(N)cc1.